The molecule has 7 nitrogen and oxygen atoms in total. The average molecular weight is 397 g/mol. The van der Waals surface area contributed by atoms with Crippen LogP contribution in [0, 0.1) is 0 Å². The lowest BCUT2D eigenvalue weighted by Gasteiger charge is -2.11. The van der Waals surface area contributed by atoms with E-state index in [2.05, 4.69) is 5.32 Å². The second-order valence-corrected chi connectivity index (χ2v) is 6.73. The predicted octanol–water partition coefficient (Wildman–Crippen LogP) is 3.24. The van der Waals surface area contributed by atoms with Crippen LogP contribution in [0.5, 0.6) is 5.75 Å². The number of amides is 1. The van der Waals surface area contributed by atoms with Crippen LogP contribution in [0.1, 0.15) is 40.5 Å². The number of hydrogen-bond donors (Lipinski definition) is 1. The van der Waals surface area contributed by atoms with Crippen molar-refractivity contribution >= 4 is 23.3 Å². The number of nitrogens with one attached hydrogen (secondary N) is 1. The van der Waals surface area contributed by atoms with Gasteiger partial charge in [0, 0.05) is 17.9 Å². The van der Waals surface area contributed by atoms with Gasteiger partial charge in [0.15, 0.2) is 12.4 Å². The summed E-state index contributed by atoms with van der Waals surface area (Å²) in [7, 11) is 0. The number of ether oxygens (including phenoxy) is 3. The van der Waals surface area contributed by atoms with Gasteiger partial charge in [-0.2, -0.15) is 0 Å². The highest BCUT2D eigenvalue weighted by molar-refractivity contribution is 5.97. The van der Waals surface area contributed by atoms with Crippen molar-refractivity contribution in [3.63, 3.8) is 0 Å². The number of Topliss-reactive ketones (excluding diaryl/α,β-unsaturated/α-hetero) is 1. The van der Waals surface area contributed by atoms with Crippen LogP contribution in [-0.4, -0.2) is 43.6 Å². The Balaban J connectivity index is 1.43. The summed E-state index contributed by atoms with van der Waals surface area (Å²) >= 11 is 0. The third-order valence-electron chi connectivity index (χ3n) is 4.46. The average Bonchev–Trinajstić information content (AvgIpc) is 3.25. The van der Waals surface area contributed by atoms with Crippen LogP contribution in [-0.2, 0) is 14.3 Å². The van der Waals surface area contributed by atoms with E-state index in [1.165, 1.54) is 6.92 Å². The van der Waals surface area contributed by atoms with Gasteiger partial charge in [0.05, 0.1) is 11.7 Å². The standard InChI is InChI=1S/C22H23NO6/c1-15(24)16-4-8-18(9-5-16)23-21(25)14-29-22(26)17-6-10-19(11-7-17)28-13-20-3-2-12-27-20/h4-11,20H,2-3,12-14H2,1H3,(H,23,25)/t20-/m1/s1. The fourth-order valence-corrected chi connectivity index (χ4v) is 2.85. The number of carbonyl (C=O) groups is 3. The molecule has 1 amide bonds. The summed E-state index contributed by atoms with van der Waals surface area (Å²) in [5, 5.41) is 2.61. The Bertz CT molecular complexity index is 854. The number of hydrogen-bond acceptors (Lipinski definition) is 6. The van der Waals surface area contributed by atoms with Gasteiger partial charge >= 0.3 is 5.97 Å². The van der Waals surface area contributed by atoms with Gasteiger partial charge in [0.2, 0.25) is 0 Å². The monoisotopic (exact) mass is 397 g/mol. The van der Waals surface area contributed by atoms with Crippen molar-refractivity contribution in [1.29, 1.82) is 0 Å². The molecule has 152 valence electrons. The van der Waals surface area contributed by atoms with Crippen molar-refractivity contribution in [2.45, 2.75) is 25.9 Å². The van der Waals surface area contributed by atoms with Crippen molar-refractivity contribution in [2.75, 3.05) is 25.1 Å². The van der Waals surface area contributed by atoms with Gasteiger partial charge in [0.25, 0.3) is 5.91 Å². The predicted molar refractivity (Wildman–Crippen MR) is 106 cm³/mol. The zero-order chi connectivity index (χ0) is 20.6. The highest BCUT2D eigenvalue weighted by Gasteiger charge is 2.16. The Morgan fingerprint density at radius 1 is 1.03 bits per heavy atom. The summed E-state index contributed by atoms with van der Waals surface area (Å²) in [6.07, 6.45) is 2.17. The summed E-state index contributed by atoms with van der Waals surface area (Å²) in [6, 6.07) is 13.0. The maximum atomic E-state index is 12.1. The van der Waals surface area contributed by atoms with Crippen LogP contribution in [0.4, 0.5) is 5.69 Å². The molecule has 2 aromatic rings. The quantitative estimate of drug-likeness (QED) is 0.543. The molecule has 29 heavy (non-hydrogen) atoms. The van der Waals surface area contributed by atoms with Gasteiger partial charge in [-0.1, -0.05) is 0 Å². The first kappa shape index (κ1) is 20.5. The molecule has 0 unspecified atom stereocenters. The molecule has 0 aliphatic carbocycles. The number of carbonyl (C=O) groups excluding carboxylic acids is 3. The van der Waals surface area contributed by atoms with E-state index in [1.54, 1.807) is 48.5 Å². The molecule has 1 saturated heterocycles. The second kappa shape index (κ2) is 9.84. The first-order valence-electron chi connectivity index (χ1n) is 9.44. The number of anilines is 1. The SMILES string of the molecule is CC(=O)c1ccc(NC(=O)COC(=O)c2ccc(OC[C@H]3CCCO3)cc2)cc1. The summed E-state index contributed by atoms with van der Waals surface area (Å²) in [5.41, 5.74) is 1.40. The first-order chi connectivity index (χ1) is 14.0. The van der Waals surface area contributed by atoms with Crippen molar-refractivity contribution in [1.82, 2.24) is 0 Å². The molecule has 7 heteroatoms. The van der Waals surface area contributed by atoms with Gasteiger partial charge in [-0.05, 0) is 68.3 Å². The molecule has 1 atom stereocenters. The fourth-order valence-electron chi connectivity index (χ4n) is 2.85. The molecule has 1 N–H and O–H groups in total. The Labute approximate surface area is 169 Å². The maximum absolute atomic E-state index is 12.1. The van der Waals surface area contributed by atoms with E-state index in [0.29, 0.717) is 29.2 Å². The van der Waals surface area contributed by atoms with Crippen LogP contribution >= 0.6 is 0 Å². The fraction of sp³-hybridized carbons (Fsp3) is 0.318. The summed E-state index contributed by atoms with van der Waals surface area (Å²) in [6.45, 7) is 2.31. The molecule has 0 spiro atoms. The Kier molecular flexibility index (Phi) is 6.97. The molecule has 0 aromatic heterocycles. The minimum atomic E-state index is -0.599. The maximum Gasteiger partial charge on any atom is 0.338 e. The van der Waals surface area contributed by atoms with Gasteiger partial charge in [-0.15, -0.1) is 0 Å². The molecule has 0 bridgehead atoms. The minimum absolute atomic E-state index is 0.0555. The third kappa shape index (κ3) is 6.15. The lowest BCUT2D eigenvalue weighted by Crippen LogP contribution is -2.21. The van der Waals surface area contributed by atoms with Gasteiger partial charge in [-0.3, -0.25) is 9.59 Å². The van der Waals surface area contributed by atoms with E-state index in [-0.39, 0.29) is 11.9 Å². The van der Waals surface area contributed by atoms with E-state index in [9.17, 15) is 14.4 Å². The molecule has 3 rings (SSSR count). The number of benzene rings is 2. The molecule has 2 aromatic carbocycles. The Hall–Kier alpha value is -3.19. The molecular weight excluding hydrogens is 374 g/mol. The molecular formula is C22H23NO6. The number of rotatable bonds is 8. The van der Waals surface area contributed by atoms with Crippen LogP contribution in [0.15, 0.2) is 48.5 Å². The number of esters is 1. The Morgan fingerprint density at radius 2 is 1.72 bits per heavy atom. The molecule has 0 saturated carbocycles. The lowest BCUT2D eigenvalue weighted by molar-refractivity contribution is -0.119. The van der Waals surface area contributed by atoms with Gasteiger partial charge < -0.3 is 19.5 Å². The first-order valence-corrected chi connectivity index (χ1v) is 9.44. The van der Waals surface area contributed by atoms with Crippen molar-refractivity contribution in [3.05, 3.63) is 59.7 Å². The summed E-state index contributed by atoms with van der Waals surface area (Å²) in [5.74, 6) is -0.480. The topological polar surface area (TPSA) is 90.9 Å². The van der Waals surface area contributed by atoms with Crippen molar-refractivity contribution in [3.8, 4) is 5.75 Å². The molecule has 1 aliphatic heterocycles. The van der Waals surface area contributed by atoms with Gasteiger partial charge in [0.1, 0.15) is 12.4 Å². The largest absolute Gasteiger partial charge is 0.491 e. The van der Waals surface area contributed by atoms with Crippen molar-refractivity contribution in [2.24, 2.45) is 0 Å². The smallest absolute Gasteiger partial charge is 0.338 e. The van der Waals surface area contributed by atoms with Crippen molar-refractivity contribution < 1.29 is 28.6 Å². The summed E-state index contributed by atoms with van der Waals surface area (Å²) < 4.78 is 16.2. The van der Waals surface area contributed by atoms with Crippen LogP contribution < -0.4 is 10.1 Å². The molecule has 1 fully saturated rings. The van der Waals surface area contributed by atoms with Gasteiger partial charge in [-0.25, -0.2) is 4.79 Å². The zero-order valence-electron chi connectivity index (χ0n) is 16.2. The molecule has 0 radical (unpaired) electrons. The molecule has 1 aliphatic rings. The zero-order valence-corrected chi connectivity index (χ0v) is 16.2. The summed E-state index contributed by atoms with van der Waals surface area (Å²) in [4.78, 5) is 35.3. The van der Waals surface area contributed by atoms with Crippen LogP contribution in [0.2, 0.25) is 0 Å². The normalized spacial score (nSPS) is 15.6. The van der Waals surface area contributed by atoms with Crippen LogP contribution in [0.25, 0.3) is 0 Å². The molecule has 1 heterocycles. The third-order valence-corrected chi connectivity index (χ3v) is 4.46. The van der Waals surface area contributed by atoms with E-state index < -0.39 is 18.5 Å². The second-order valence-electron chi connectivity index (χ2n) is 6.73. The highest BCUT2D eigenvalue weighted by Crippen LogP contribution is 2.17. The van der Waals surface area contributed by atoms with E-state index >= 15 is 0 Å². The number of ketones is 1. The van der Waals surface area contributed by atoms with Crippen LogP contribution in [0.3, 0.4) is 0 Å². The minimum Gasteiger partial charge on any atom is -0.491 e. The highest BCUT2D eigenvalue weighted by atomic mass is 16.5. The van der Waals surface area contributed by atoms with E-state index in [4.69, 9.17) is 14.2 Å². The Morgan fingerprint density at radius 3 is 2.34 bits per heavy atom. The van der Waals surface area contributed by atoms with E-state index in [1.807, 2.05) is 0 Å². The van der Waals surface area contributed by atoms with E-state index in [0.717, 1.165) is 19.4 Å². The lowest BCUT2D eigenvalue weighted by atomic mass is 10.1.